The minimum atomic E-state index is -0.559. The minimum absolute atomic E-state index is 0.354. The molecule has 0 spiro atoms. The molecule has 4 heteroatoms. The van der Waals surface area contributed by atoms with Crippen molar-refractivity contribution in [1.29, 1.82) is 0 Å². The first kappa shape index (κ1) is 12.5. The molecule has 0 aliphatic rings. The van der Waals surface area contributed by atoms with Gasteiger partial charge < -0.3 is 15.2 Å². The topological polar surface area (TPSA) is 61.5 Å². The highest BCUT2D eigenvalue weighted by molar-refractivity contribution is 5.74. The predicted octanol–water partition coefficient (Wildman–Crippen LogP) is 1.13. The maximum atomic E-state index is 11.1. The molecule has 1 rings (SSSR count). The number of methoxy groups -OCH3 is 1. The second-order valence-electron chi connectivity index (χ2n) is 3.55. The first-order chi connectivity index (χ1) is 7.63. The van der Waals surface area contributed by atoms with Crippen LogP contribution in [0.1, 0.15) is 12.5 Å². The van der Waals surface area contributed by atoms with Gasteiger partial charge in [0.1, 0.15) is 11.8 Å². The largest absolute Gasteiger partial charge is 0.497 e. The molecule has 1 atom stereocenters. The van der Waals surface area contributed by atoms with E-state index in [1.165, 1.54) is 0 Å². The van der Waals surface area contributed by atoms with Gasteiger partial charge in [-0.05, 0) is 24.6 Å². The van der Waals surface area contributed by atoms with Gasteiger partial charge in [-0.3, -0.25) is 4.79 Å². The van der Waals surface area contributed by atoms with Gasteiger partial charge in [0.25, 0.3) is 0 Å². The lowest BCUT2D eigenvalue weighted by atomic mass is 10.1. The number of carbonyl (C=O) groups excluding carboxylic acids is 1. The van der Waals surface area contributed by atoms with E-state index >= 15 is 0 Å². The monoisotopic (exact) mass is 223 g/mol. The lowest BCUT2D eigenvalue weighted by molar-refractivity contribution is -0.144. The molecule has 0 saturated heterocycles. The summed E-state index contributed by atoms with van der Waals surface area (Å²) in [6, 6.07) is 7.08. The van der Waals surface area contributed by atoms with E-state index in [2.05, 4.69) is 0 Å². The Morgan fingerprint density at radius 2 is 2.00 bits per heavy atom. The maximum Gasteiger partial charge on any atom is 0.322 e. The van der Waals surface area contributed by atoms with Crippen molar-refractivity contribution >= 4 is 5.97 Å². The van der Waals surface area contributed by atoms with Crippen LogP contribution in [0.4, 0.5) is 0 Å². The number of esters is 1. The van der Waals surface area contributed by atoms with E-state index in [4.69, 9.17) is 15.2 Å². The lowest BCUT2D eigenvalue weighted by Crippen LogP contribution is -2.29. The summed E-state index contributed by atoms with van der Waals surface area (Å²) in [6.07, 6.45) is 0.683. The number of nitrogens with two attached hydrogens (primary N) is 1. The van der Waals surface area contributed by atoms with Crippen LogP contribution in [0.5, 0.6) is 5.75 Å². The number of rotatable bonds is 5. The van der Waals surface area contributed by atoms with Gasteiger partial charge in [0, 0.05) is 6.42 Å². The molecule has 0 aromatic heterocycles. The van der Waals surface area contributed by atoms with Crippen molar-refractivity contribution in [2.45, 2.75) is 19.4 Å². The zero-order chi connectivity index (χ0) is 12.0. The Morgan fingerprint density at radius 1 is 1.38 bits per heavy atom. The summed E-state index contributed by atoms with van der Waals surface area (Å²) in [5.74, 6) is 0.449. The Hall–Kier alpha value is -1.55. The third kappa shape index (κ3) is 3.90. The van der Waals surface area contributed by atoms with E-state index < -0.39 is 6.04 Å². The number of carbonyl (C=O) groups is 1. The molecule has 0 aliphatic heterocycles. The summed E-state index contributed by atoms with van der Waals surface area (Å²) >= 11 is 0. The summed E-state index contributed by atoms with van der Waals surface area (Å²) in [5.41, 5.74) is 6.46. The van der Waals surface area contributed by atoms with Crippen LogP contribution in [-0.4, -0.2) is 25.7 Å². The van der Waals surface area contributed by atoms with Crippen LogP contribution in [-0.2, 0) is 16.0 Å². The molecule has 1 aromatic rings. The molecular weight excluding hydrogens is 206 g/mol. The van der Waals surface area contributed by atoms with Crippen molar-refractivity contribution in [2.75, 3.05) is 13.7 Å². The first-order valence-electron chi connectivity index (χ1n) is 5.18. The van der Waals surface area contributed by atoms with Gasteiger partial charge in [-0.1, -0.05) is 12.1 Å². The van der Waals surface area contributed by atoms with E-state index in [1.54, 1.807) is 14.0 Å². The van der Waals surface area contributed by atoms with Crippen molar-refractivity contribution in [3.05, 3.63) is 29.8 Å². The van der Waals surface area contributed by atoms with Gasteiger partial charge in [0.15, 0.2) is 0 Å². The molecule has 0 fully saturated rings. The van der Waals surface area contributed by atoms with Gasteiger partial charge in [0.05, 0.1) is 13.7 Å². The van der Waals surface area contributed by atoms with Gasteiger partial charge in [-0.15, -0.1) is 0 Å². The second kappa shape index (κ2) is 6.12. The first-order valence-corrected chi connectivity index (χ1v) is 5.18. The zero-order valence-corrected chi connectivity index (χ0v) is 9.60. The summed E-state index contributed by atoms with van der Waals surface area (Å²) < 4.78 is 10.0. The number of hydrogen-bond acceptors (Lipinski definition) is 4. The molecule has 88 valence electrons. The molecule has 0 amide bonds. The molecular formula is C12H17NO3. The number of benzene rings is 1. The Morgan fingerprint density at radius 3 is 2.50 bits per heavy atom. The molecule has 0 radical (unpaired) electrons. The summed E-state index contributed by atoms with van der Waals surface area (Å²) in [5, 5.41) is 0. The quantitative estimate of drug-likeness (QED) is 0.760. The van der Waals surface area contributed by atoms with Crippen molar-refractivity contribution in [3.63, 3.8) is 0 Å². The zero-order valence-electron chi connectivity index (χ0n) is 9.60. The maximum absolute atomic E-state index is 11.1. The van der Waals surface area contributed by atoms with Crippen LogP contribution in [0, 0.1) is 0 Å². The van der Waals surface area contributed by atoms with Crippen molar-refractivity contribution in [3.8, 4) is 5.75 Å². The van der Waals surface area contributed by atoms with Crippen molar-refractivity contribution < 1.29 is 14.3 Å². The fourth-order valence-electron chi connectivity index (χ4n) is 1.19. The molecule has 0 bridgehead atoms. The second-order valence-corrected chi connectivity index (χ2v) is 3.55. The van der Waals surface area contributed by atoms with Gasteiger partial charge in [0.2, 0.25) is 0 Å². The average Bonchev–Trinajstić information content (AvgIpc) is 2.29. The van der Waals surface area contributed by atoms with E-state index in [0.29, 0.717) is 13.0 Å². The summed E-state index contributed by atoms with van der Waals surface area (Å²) in [6.45, 7) is 1.96. The van der Waals surface area contributed by atoms with Crippen LogP contribution in [0.15, 0.2) is 24.3 Å². The third-order valence-corrected chi connectivity index (χ3v) is 2.17. The van der Waals surface area contributed by atoms with Crippen molar-refractivity contribution in [1.82, 2.24) is 0 Å². The van der Waals surface area contributed by atoms with Crippen LogP contribution in [0.2, 0.25) is 0 Å². The Labute approximate surface area is 95.3 Å². The molecule has 1 aromatic carbocycles. The standard InChI is InChI=1S/C12H17NO3/c1-9(13)12(14)16-8-7-10-3-5-11(15-2)6-4-10/h3-6,9H,7-8,13H2,1-2H3. The fourth-order valence-corrected chi connectivity index (χ4v) is 1.19. The van der Waals surface area contributed by atoms with Crippen LogP contribution < -0.4 is 10.5 Å². The van der Waals surface area contributed by atoms with Crippen LogP contribution in [0.3, 0.4) is 0 Å². The highest BCUT2D eigenvalue weighted by Gasteiger charge is 2.07. The van der Waals surface area contributed by atoms with Gasteiger partial charge >= 0.3 is 5.97 Å². The molecule has 0 heterocycles. The van der Waals surface area contributed by atoms with Crippen LogP contribution in [0.25, 0.3) is 0 Å². The Balaban J connectivity index is 2.34. The highest BCUT2D eigenvalue weighted by Crippen LogP contribution is 2.11. The Bertz CT molecular complexity index is 333. The lowest BCUT2D eigenvalue weighted by Gasteiger charge is -2.07. The molecule has 0 saturated carbocycles. The van der Waals surface area contributed by atoms with Gasteiger partial charge in [-0.2, -0.15) is 0 Å². The molecule has 16 heavy (non-hydrogen) atoms. The summed E-state index contributed by atoms with van der Waals surface area (Å²) in [4.78, 5) is 11.1. The van der Waals surface area contributed by atoms with E-state index in [9.17, 15) is 4.79 Å². The predicted molar refractivity (Wildman–Crippen MR) is 61.3 cm³/mol. The van der Waals surface area contributed by atoms with E-state index in [0.717, 1.165) is 11.3 Å². The molecule has 2 N–H and O–H groups in total. The fraction of sp³-hybridized carbons (Fsp3) is 0.417. The normalized spacial score (nSPS) is 11.9. The molecule has 1 unspecified atom stereocenters. The molecule has 4 nitrogen and oxygen atoms in total. The average molecular weight is 223 g/mol. The number of hydrogen-bond donors (Lipinski definition) is 1. The van der Waals surface area contributed by atoms with Crippen molar-refractivity contribution in [2.24, 2.45) is 5.73 Å². The SMILES string of the molecule is COc1ccc(CCOC(=O)C(C)N)cc1. The minimum Gasteiger partial charge on any atom is -0.497 e. The Kier molecular flexibility index (Phi) is 4.79. The smallest absolute Gasteiger partial charge is 0.322 e. The van der Waals surface area contributed by atoms with Gasteiger partial charge in [-0.25, -0.2) is 0 Å². The highest BCUT2D eigenvalue weighted by atomic mass is 16.5. The van der Waals surface area contributed by atoms with E-state index in [1.807, 2.05) is 24.3 Å². The number of ether oxygens (including phenoxy) is 2. The summed E-state index contributed by atoms with van der Waals surface area (Å²) in [7, 11) is 1.62. The third-order valence-electron chi connectivity index (χ3n) is 2.17. The van der Waals surface area contributed by atoms with E-state index in [-0.39, 0.29) is 5.97 Å². The molecule has 0 aliphatic carbocycles. The van der Waals surface area contributed by atoms with Crippen LogP contribution >= 0.6 is 0 Å².